The van der Waals surface area contributed by atoms with Gasteiger partial charge in [0.2, 0.25) is 0 Å². The molecule has 1 nitrogen and oxygen atoms in total. The van der Waals surface area contributed by atoms with Gasteiger partial charge in [0.1, 0.15) is 0 Å². The predicted molar refractivity (Wildman–Crippen MR) is 53.6 cm³/mol. The van der Waals surface area contributed by atoms with Crippen molar-refractivity contribution in [3.05, 3.63) is 34.4 Å². The second kappa shape index (κ2) is 4.27. The summed E-state index contributed by atoms with van der Waals surface area (Å²) in [5.41, 5.74) is 1.05. The zero-order valence-electron chi connectivity index (χ0n) is 6.92. The number of hydrogen-bond acceptors (Lipinski definition) is 1. The van der Waals surface area contributed by atoms with E-state index in [2.05, 4.69) is 41.1 Å². The number of nitriles is 1. The highest BCUT2D eigenvalue weighted by atomic mass is 79.9. The van der Waals surface area contributed by atoms with Crippen molar-refractivity contribution in [2.24, 2.45) is 5.92 Å². The minimum atomic E-state index is 0.437. The van der Waals surface area contributed by atoms with Gasteiger partial charge in [0, 0.05) is 4.48 Å². The summed E-state index contributed by atoms with van der Waals surface area (Å²) < 4.78 is 1.04. The third-order valence-electron chi connectivity index (χ3n) is 1.70. The molecule has 1 aliphatic carbocycles. The summed E-state index contributed by atoms with van der Waals surface area (Å²) in [4.78, 5) is 0. The molecule has 0 bridgehead atoms. The van der Waals surface area contributed by atoms with Gasteiger partial charge in [0.15, 0.2) is 0 Å². The Kier molecular flexibility index (Phi) is 3.31. The van der Waals surface area contributed by atoms with Gasteiger partial charge in [-0.25, -0.2) is 0 Å². The summed E-state index contributed by atoms with van der Waals surface area (Å²) in [7, 11) is 0. The third kappa shape index (κ3) is 2.35. The van der Waals surface area contributed by atoms with Crippen molar-refractivity contribution in [2.45, 2.75) is 13.3 Å². The lowest BCUT2D eigenvalue weighted by Gasteiger charge is -2.00. The summed E-state index contributed by atoms with van der Waals surface area (Å²) in [6.45, 7) is 2.11. The summed E-state index contributed by atoms with van der Waals surface area (Å²) >= 11 is 3.45. The molecule has 0 aromatic rings. The highest BCUT2D eigenvalue weighted by molar-refractivity contribution is 9.12. The van der Waals surface area contributed by atoms with Crippen LogP contribution in [0.4, 0.5) is 0 Å². The minimum absolute atomic E-state index is 0.437. The fraction of sp³-hybridized carbons (Fsp3) is 0.300. The van der Waals surface area contributed by atoms with Crippen LogP contribution in [0.5, 0.6) is 0 Å². The molecule has 1 rings (SSSR count). The van der Waals surface area contributed by atoms with Gasteiger partial charge in [-0.1, -0.05) is 47.2 Å². The summed E-state index contributed by atoms with van der Waals surface area (Å²) in [5.74, 6) is 0.437. The van der Waals surface area contributed by atoms with Crippen molar-refractivity contribution >= 4 is 15.9 Å². The molecule has 0 aliphatic heterocycles. The normalized spacial score (nSPS) is 22.2. The van der Waals surface area contributed by atoms with Crippen LogP contribution in [0.3, 0.4) is 0 Å². The minimum Gasteiger partial charge on any atom is -0.198 e. The van der Waals surface area contributed by atoms with Crippen LogP contribution in [0.15, 0.2) is 34.4 Å². The van der Waals surface area contributed by atoms with Crippen LogP contribution in [0.1, 0.15) is 13.3 Å². The molecule has 62 valence electrons. The Labute approximate surface area is 81.2 Å². The van der Waals surface area contributed by atoms with E-state index in [-0.39, 0.29) is 0 Å². The van der Waals surface area contributed by atoms with Crippen molar-refractivity contribution in [3.8, 4) is 6.07 Å². The van der Waals surface area contributed by atoms with E-state index in [4.69, 9.17) is 5.26 Å². The first-order valence-electron chi connectivity index (χ1n) is 3.86. The molecule has 0 aromatic heterocycles. The molecule has 0 fully saturated rings. The van der Waals surface area contributed by atoms with E-state index in [0.717, 1.165) is 10.1 Å². The van der Waals surface area contributed by atoms with E-state index in [1.807, 2.05) is 12.2 Å². The maximum absolute atomic E-state index is 8.53. The van der Waals surface area contributed by atoms with E-state index >= 15 is 0 Å². The van der Waals surface area contributed by atoms with Crippen molar-refractivity contribution < 1.29 is 0 Å². The highest BCUT2D eigenvalue weighted by Gasteiger charge is 2.04. The molecule has 0 saturated carbocycles. The van der Waals surface area contributed by atoms with Crippen LogP contribution in [0.2, 0.25) is 0 Å². The molecular formula is C10H10BrN. The van der Waals surface area contributed by atoms with Gasteiger partial charge in [-0.2, -0.15) is 5.26 Å². The molecule has 0 N–H and O–H groups in total. The number of nitrogens with zero attached hydrogens (tertiary/aromatic N) is 1. The predicted octanol–water partition coefficient (Wildman–Crippen LogP) is 3.31. The SMILES string of the molecule is CC1C=CC=C(CC#N)C(Br)=C1. The van der Waals surface area contributed by atoms with Gasteiger partial charge >= 0.3 is 0 Å². The zero-order chi connectivity index (χ0) is 8.97. The van der Waals surface area contributed by atoms with E-state index in [1.54, 1.807) is 0 Å². The molecule has 0 aromatic carbocycles. The molecule has 1 atom stereocenters. The Morgan fingerprint density at radius 2 is 2.42 bits per heavy atom. The van der Waals surface area contributed by atoms with Crippen molar-refractivity contribution in [3.63, 3.8) is 0 Å². The molecule has 0 spiro atoms. The van der Waals surface area contributed by atoms with E-state index in [9.17, 15) is 0 Å². The molecule has 0 radical (unpaired) electrons. The van der Waals surface area contributed by atoms with Crippen LogP contribution in [-0.4, -0.2) is 0 Å². The molecular weight excluding hydrogens is 214 g/mol. The Hall–Kier alpha value is -0.810. The third-order valence-corrected chi connectivity index (χ3v) is 2.47. The Balaban J connectivity index is 2.88. The summed E-state index contributed by atoms with van der Waals surface area (Å²) in [6.07, 6.45) is 8.65. The van der Waals surface area contributed by atoms with E-state index in [1.165, 1.54) is 0 Å². The van der Waals surface area contributed by atoms with Gasteiger partial charge < -0.3 is 0 Å². The van der Waals surface area contributed by atoms with Crippen molar-refractivity contribution in [2.75, 3.05) is 0 Å². The molecule has 12 heavy (non-hydrogen) atoms. The lowest BCUT2D eigenvalue weighted by Crippen LogP contribution is -1.84. The molecule has 0 heterocycles. The summed E-state index contributed by atoms with van der Waals surface area (Å²) in [5, 5.41) is 8.53. The van der Waals surface area contributed by atoms with Gasteiger partial charge in [0.05, 0.1) is 12.5 Å². The maximum atomic E-state index is 8.53. The van der Waals surface area contributed by atoms with Crippen LogP contribution in [0.25, 0.3) is 0 Å². The van der Waals surface area contributed by atoms with Gasteiger partial charge in [-0.3, -0.25) is 0 Å². The molecule has 0 amide bonds. The molecule has 0 saturated heterocycles. The Morgan fingerprint density at radius 1 is 1.67 bits per heavy atom. The number of hydrogen-bond donors (Lipinski definition) is 0. The molecule has 1 unspecified atom stereocenters. The van der Waals surface area contributed by atoms with Crippen LogP contribution in [0, 0.1) is 17.2 Å². The van der Waals surface area contributed by atoms with Gasteiger partial charge in [-0.15, -0.1) is 0 Å². The van der Waals surface area contributed by atoms with Crippen LogP contribution >= 0.6 is 15.9 Å². The quantitative estimate of drug-likeness (QED) is 0.670. The van der Waals surface area contributed by atoms with Gasteiger partial charge in [0.25, 0.3) is 0 Å². The Bertz CT molecular complexity index is 291. The summed E-state index contributed by atoms with van der Waals surface area (Å²) in [6, 6.07) is 2.14. The van der Waals surface area contributed by atoms with E-state index in [0.29, 0.717) is 12.3 Å². The standard InChI is InChI=1S/C10H10BrN/c1-8-3-2-4-9(5-6-12)10(11)7-8/h2-4,7-8H,5H2,1H3. The average molecular weight is 224 g/mol. The topological polar surface area (TPSA) is 23.8 Å². The van der Waals surface area contributed by atoms with Gasteiger partial charge in [-0.05, 0) is 11.5 Å². The zero-order valence-corrected chi connectivity index (χ0v) is 8.51. The Morgan fingerprint density at radius 3 is 3.08 bits per heavy atom. The monoisotopic (exact) mass is 223 g/mol. The second-order valence-electron chi connectivity index (χ2n) is 2.79. The smallest absolute Gasteiger partial charge is 0.0670 e. The second-order valence-corrected chi connectivity index (χ2v) is 3.64. The number of allylic oxidation sites excluding steroid dienone is 6. The van der Waals surface area contributed by atoms with Crippen molar-refractivity contribution in [1.82, 2.24) is 0 Å². The first kappa shape index (κ1) is 9.28. The fourth-order valence-corrected chi connectivity index (χ4v) is 1.74. The van der Waals surface area contributed by atoms with Crippen LogP contribution in [-0.2, 0) is 0 Å². The largest absolute Gasteiger partial charge is 0.198 e. The maximum Gasteiger partial charge on any atom is 0.0670 e. The molecule has 1 aliphatic rings. The fourth-order valence-electron chi connectivity index (χ4n) is 1.05. The molecule has 2 heteroatoms. The highest BCUT2D eigenvalue weighted by Crippen LogP contribution is 2.24. The number of rotatable bonds is 1. The lowest BCUT2D eigenvalue weighted by atomic mass is 10.1. The van der Waals surface area contributed by atoms with Crippen LogP contribution < -0.4 is 0 Å². The van der Waals surface area contributed by atoms with Crippen molar-refractivity contribution in [1.29, 1.82) is 5.26 Å². The first-order valence-corrected chi connectivity index (χ1v) is 4.65. The first-order chi connectivity index (χ1) is 5.74. The average Bonchev–Trinajstić information content (AvgIpc) is 2.15. The lowest BCUT2D eigenvalue weighted by molar-refractivity contribution is 0.940. The number of halogens is 1. The van der Waals surface area contributed by atoms with E-state index < -0.39 is 0 Å².